The van der Waals surface area contributed by atoms with E-state index in [1.807, 2.05) is 0 Å². The Bertz CT molecular complexity index is 406. The number of hydrogen-bond acceptors (Lipinski definition) is 6. The van der Waals surface area contributed by atoms with Gasteiger partial charge in [-0.05, 0) is 6.07 Å². The van der Waals surface area contributed by atoms with Crippen molar-refractivity contribution in [3.63, 3.8) is 0 Å². The minimum Gasteiger partial charge on any atom is -0.493 e. The van der Waals surface area contributed by atoms with Gasteiger partial charge in [0.1, 0.15) is 6.61 Å². The van der Waals surface area contributed by atoms with E-state index in [1.165, 1.54) is 19.2 Å². The molecule has 0 aliphatic heterocycles. The smallest absolute Gasteiger partial charge is 0.278 e. The summed E-state index contributed by atoms with van der Waals surface area (Å²) in [4.78, 5) is 10.1. The molecule has 0 unspecified atom stereocenters. The van der Waals surface area contributed by atoms with Crippen molar-refractivity contribution in [1.82, 2.24) is 0 Å². The van der Waals surface area contributed by atoms with Crippen molar-refractivity contribution in [2.45, 2.75) is 6.61 Å². The molecule has 0 fully saturated rings. The third-order valence-electron chi connectivity index (χ3n) is 2.08. The predicted molar refractivity (Wildman–Crippen MR) is 58.2 cm³/mol. The Hall–Kier alpha value is -1.86. The van der Waals surface area contributed by atoms with Crippen LogP contribution in [0.2, 0.25) is 0 Å². The lowest BCUT2D eigenvalue weighted by Gasteiger charge is -2.11. The predicted octanol–water partition coefficient (Wildman–Crippen LogP) is 0.467. The topological polar surface area (TPSA) is 102 Å². The van der Waals surface area contributed by atoms with Gasteiger partial charge >= 0.3 is 0 Å². The number of rotatable bonds is 6. The first-order valence-corrected chi connectivity index (χ1v) is 4.83. The molecular formula is C10H13NO6. The van der Waals surface area contributed by atoms with E-state index in [4.69, 9.17) is 19.7 Å². The molecule has 0 aromatic heterocycles. The van der Waals surface area contributed by atoms with Gasteiger partial charge in [-0.3, -0.25) is 10.1 Å². The zero-order chi connectivity index (χ0) is 12.8. The molecule has 0 aliphatic rings. The average molecular weight is 243 g/mol. The maximum absolute atomic E-state index is 10.8. The standard InChI is InChI=1S/C10H13NO6/c1-16-9-4-7(6-13)8(11(14)15)5-10(9)17-3-2-12/h4-5,12-13H,2-3,6H2,1H3. The Morgan fingerprint density at radius 3 is 2.53 bits per heavy atom. The van der Waals surface area contributed by atoms with Crippen LogP contribution in [0.1, 0.15) is 5.56 Å². The van der Waals surface area contributed by atoms with Gasteiger partial charge in [0.15, 0.2) is 11.5 Å². The Balaban J connectivity index is 3.18. The van der Waals surface area contributed by atoms with E-state index < -0.39 is 11.5 Å². The first-order valence-electron chi connectivity index (χ1n) is 4.83. The Morgan fingerprint density at radius 1 is 1.35 bits per heavy atom. The molecule has 0 atom stereocenters. The summed E-state index contributed by atoms with van der Waals surface area (Å²) < 4.78 is 10.1. The van der Waals surface area contributed by atoms with Gasteiger partial charge in [-0.2, -0.15) is 0 Å². The van der Waals surface area contributed by atoms with Crippen LogP contribution in [-0.2, 0) is 6.61 Å². The van der Waals surface area contributed by atoms with Crippen LogP contribution in [0.5, 0.6) is 11.5 Å². The molecule has 1 rings (SSSR count). The van der Waals surface area contributed by atoms with Crippen molar-refractivity contribution >= 4 is 5.69 Å². The first-order chi connectivity index (χ1) is 8.13. The molecular weight excluding hydrogens is 230 g/mol. The van der Waals surface area contributed by atoms with Crippen molar-refractivity contribution < 1.29 is 24.6 Å². The van der Waals surface area contributed by atoms with E-state index in [2.05, 4.69) is 0 Å². The molecule has 0 heterocycles. The van der Waals surface area contributed by atoms with Gasteiger partial charge in [0.25, 0.3) is 5.69 Å². The summed E-state index contributed by atoms with van der Waals surface area (Å²) in [6, 6.07) is 2.50. The highest BCUT2D eigenvalue weighted by molar-refractivity contribution is 5.54. The maximum Gasteiger partial charge on any atom is 0.278 e. The number of aliphatic hydroxyl groups is 2. The number of benzene rings is 1. The molecule has 0 saturated heterocycles. The van der Waals surface area contributed by atoms with Crippen LogP contribution in [0.15, 0.2) is 12.1 Å². The summed E-state index contributed by atoms with van der Waals surface area (Å²) in [6.45, 7) is -0.669. The van der Waals surface area contributed by atoms with Gasteiger partial charge in [0.05, 0.1) is 36.9 Å². The van der Waals surface area contributed by atoms with Gasteiger partial charge < -0.3 is 19.7 Å². The molecule has 94 valence electrons. The summed E-state index contributed by atoms with van der Waals surface area (Å²) in [6.07, 6.45) is 0. The fourth-order valence-electron chi connectivity index (χ4n) is 1.32. The van der Waals surface area contributed by atoms with Crippen LogP contribution in [0.4, 0.5) is 5.69 Å². The second-order valence-electron chi connectivity index (χ2n) is 3.12. The van der Waals surface area contributed by atoms with Crippen molar-refractivity contribution in [2.75, 3.05) is 20.3 Å². The Labute approximate surface area is 97.4 Å². The summed E-state index contributed by atoms with van der Waals surface area (Å²) in [7, 11) is 1.38. The lowest BCUT2D eigenvalue weighted by molar-refractivity contribution is -0.385. The number of nitro groups is 1. The summed E-state index contributed by atoms with van der Waals surface area (Å²) in [5.74, 6) is 0.429. The van der Waals surface area contributed by atoms with E-state index in [0.29, 0.717) is 0 Å². The van der Waals surface area contributed by atoms with E-state index in [0.717, 1.165) is 0 Å². The number of nitro benzene ring substituents is 1. The fraction of sp³-hybridized carbons (Fsp3) is 0.400. The minimum atomic E-state index is -0.614. The maximum atomic E-state index is 10.8. The second-order valence-corrected chi connectivity index (χ2v) is 3.12. The minimum absolute atomic E-state index is 0.00594. The number of hydrogen-bond donors (Lipinski definition) is 2. The van der Waals surface area contributed by atoms with E-state index in [-0.39, 0.29) is 36.0 Å². The van der Waals surface area contributed by atoms with E-state index in [1.54, 1.807) is 0 Å². The van der Waals surface area contributed by atoms with Crippen LogP contribution in [-0.4, -0.2) is 35.5 Å². The zero-order valence-electron chi connectivity index (χ0n) is 9.25. The molecule has 0 amide bonds. The highest BCUT2D eigenvalue weighted by Crippen LogP contribution is 2.34. The first kappa shape index (κ1) is 13.2. The third-order valence-corrected chi connectivity index (χ3v) is 2.08. The summed E-state index contributed by atoms with van der Waals surface area (Å²) in [5.41, 5.74) is -0.107. The SMILES string of the molecule is COc1cc(CO)c([N+](=O)[O-])cc1OCCO. The fourth-order valence-corrected chi connectivity index (χ4v) is 1.32. The number of nitrogens with zero attached hydrogens (tertiary/aromatic N) is 1. The molecule has 17 heavy (non-hydrogen) atoms. The molecule has 1 aromatic rings. The molecule has 1 aromatic carbocycles. The highest BCUT2D eigenvalue weighted by Gasteiger charge is 2.18. The van der Waals surface area contributed by atoms with E-state index >= 15 is 0 Å². The van der Waals surface area contributed by atoms with Crippen molar-refractivity contribution in [2.24, 2.45) is 0 Å². The van der Waals surface area contributed by atoms with Crippen LogP contribution in [0.3, 0.4) is 0 Å². The van der Waals surface area contributed by atoms with E-state index in [9.17, 15) is 10.1 Å². The van der Waals surface area contributed by atoms with Gasteiger partial charge in [-0.15, -0.1) is 0 Å². The second kappa shape index (κ2) is 6.02. The summed E-state index contributed by atoms with van der Waals surface area (Å²) >= 11 is 0. The zero-order valence-corrected chi connectivity index (χ0v) is 9.25. The molecule has 2 N–H and O–H groups in total. The molecule has 0 radical (unpaired) electrons. The molecule has 0 spiro atoms. The van der Waals surface area contributed by atoms with Crippen LogP contribution in [0, 0.1) is 10.1 Å². The molecule has 7 nitrogen and oxygen atoms in total. The van der Waals surface area contributed by atoms with Crippen molar-refractivity contribution in [3.05, 3.63) is 27.8 Å². The van der Waals surface area contributed by atoms with Gasteiger partial charge in [-0.25, -0.2) is 0 Å². The van der Waals surface area contributed by atoms with Crippen molar-refractivity contribution in [3.8, 4) is 11.5 Å². The molecule has 7 heteroatoms. The lowest BCUT2D eigenvalue weighted by atomic mass is 10.1. The molecule has 0 saturated carbocycles. The van der Waals surface area contributed by atoms with Gasteiger partial charge in [-0.1, -0.05) is 0 Å². The average Bonchev–Trinajstić information content (AvgIpc) is 2.34. The quantitative estimate of drug-likeness (QED) is 0.556. The molecule has 0 bridgehead atoms. The van der Waals surface area contributed by atoms with Crippen LogP contribution >= 0.6 is 0 Å². The van der Waals surface area contributed by atoms with Crippen molar-refractivity contribution in [1.29, 1.82) is 0 Å². The molecule has 0 aliphatic carbocycles. The number of methoxy groups -OCH3 is 1. The number of ether oxygens (including phenoxy) is 2. The largest absolute Gasteiger partial charge is 0.493 e. The van der Waals surface area contributed by atoms with Gasteiger partial charge in [0.2, 0.25) is 0 Å². The van der Waals surface area contributed by atoms with Gasteiger partial charge in [0, 0.05) is 0 Å². The third kappa shape index (κ3) is 3.05. The lowest BCUT2D eigenvalue weighted by Crippen LogP contribution is -2.05. The monoisotopic (exact) mass is 243 g/mol. The normalized spacial score (nSPS) is 10.1. The van der Waals surface area contributed by atoms with Crippen LogP contribution in [0.25, 0.3) is 0 Å². The Morgan fingerprint density at radius 2 is 2.06 bits per heavy atom. The summed E-state index contributed by atoms with van der Waals surface area (Å²) in [5, 5.41) is 28.4. The van der Waals surface area contributed by atoms with Crippen LogP contribution < -0.4 is 9.47 Å². The Kier molecular flexibility index (Phi) is 4.68. The highest BCUT2D eigenvalue weighted by atomic mass is 16.6. The number of aliphatic hydroxyl groups excluding tert-OH is 2.